The van der Waals surface area contributed by atoms with E-state index >= 15 is 0 Å². The first-order chi connectivity index (χ1) is 12.2. The fourth-order valence-electron chi connectivity index (χ4n) is 2.15. The number of carbonyl (C=O) groups excluding carboxylic acids is 2. The van der Waals surface area contributed by atoms with E-state index in [1.807, 2.05) is 6.07 Å². The Labute approximate surface area is 156 Å². The number of nitrogen functional groups attached to an aromatic ring is 1. The van der Waals surface area contributed by atoms with E-state index in [-0.39, 0.29) is 5.82 Å². The van der Waals surface area contributed by atoms with Gasteiger partial charge in [-0.2, -0.15) is 0 Å². The summed E-state index contributed by atoms with van der Waals surface area (Å²) in [6, 6.07) is 7.22. The Kier molecular flexibility index (Phi) is 5.93. The summed E-state index contributed by atoms with van der Waals surface area (Å²) in [6.45, 7) is -0.667. The molecule has 0 aliphatic carbocycles. The number of halogens is 1. The van der Waals surface area contributed by atoms with Crippen LogP contribution in [0.2, 0.25) is 0 Å². The number of aromatic nitrogens is 2. The van der Waals surface area contributed by atoms with Crippen LogP contribution in [-0.4, -0.2) is 27.5 Å². The fourth-order valence-corrected chi connectivity index (χ4v) is 2.57. The van der Waals surface area contributed by atoms with Gasteiger partial charge in [0.1, 0.15) is 11.4 Å². The maximum absolute atomic E-state index is 12.2. The number of nitrogens with two attached hydrogens (primary N) is 1. The number of hydrogen-bond donors (Lipinski definition) is 1. The zero-order valence-electron chi connectivity index (χ0n) is 14.1. The van der Waals surface area contributed by atoms with Crippen molar-refractivity contribution in [1.29, 1.82) is 0 Å². The van der Waals surface area contributed by atoms with E-state index in [1.54, 1.807) is 18.2 Å². The lowest BCUT2D eigenvalue weighted by Gasteiger charge is -2.10. The second-order valence-electron chi connectivity index (χ2n) is 5.39. The third kappa shape index (κ3) is 4.17. The highest BCUT2D eigenvalue weighted by Crippen LogP contribution is 2.12. The molecule has 0 atom stereocenters. The van der Waals surface area contributed by atoms with Gasteiger partial charge in [-0.05, 0) is 23.8 Å². The predicted octanol–water partition coefficient (Wildman–Crippen LogP) is 0.868. The van der Waals surface area contributed by atoms with Crippen LogP contribution in [0.4, 0.5) is 5.82 Å². The number of Topliss-reactive ketones (excluding diaryl/α,β-unsaturated/α-hetero) is 1. The van der Waals surface area contributed by atoms with Gasteiger partial charge in [0, 0.05) is 24.6 Å². The molecule has 0 unspecified atom stereocenters. The first kappa shape index (κ1) is 19.4. The number of nitrogens with zero attached hydrogens (tertiary/aromatic N) is 2. The molecule has 0 bridgehead atoms. The van der Waals surface area contributed by atoms with Crippen LogP contribution in [0.15, 0.2) is 44.4 Å². The molecule has 0 saturated carbocycles. The van der Waals surface area contributed by atoms with Crippen molar-refractivity contribution in [3.05, 3.63) is 66.8 Å². The van der Waals surface area contributed by atoms with E-state index in [2.05, 4.69) is 15.9 Å². The Hall–Kier alpha value is -2.94. The maximum Gasteiger partial charge on any atom is 0.332 e. The second kappa shape index (κ2) is 7.96. The van der Waals surface area contributed by atoms with E-state index in [0.29, 0.717) is 0 Å². The number of ether oxygens (including phenoxy) is 1. The van der Waals surface area contributed by atoms with E-state index in [1.165, 1.54) is 20.2 Å². The van der Waals surface area contributed by atoms with E-state index in [4.69, 9.17) is 10.5 Å². The van der Waals surface area contributed by atoms with Crippen molar-refractivity contribution in [2.45, 2.75) is 0 Å². The van der Waals surface area contributed by atoms with Gasteiger partial charge in [0.2, 0.25) is 5.78 Å². The van der Waals surface area contributed by atoms with Gasteiger partial charge in [-0.1, -0.05) is 28.1 Å². The number of esters is 1. The molecule has 0 spiro atoms. The Morgan fingerprint density at radius 2 is 1.92 bits per heavy atom. The van der Waals surface area contributed by atoms with Crippen LogP contribution in [0, 0.1) is 0 Å². The van der Waals surface area contributed by atoms with Crippen LogP contribution < -0.4 is 17.0 Å². The molecule has 1 aromatic heterocycles. The van der Waals surface area contributed by atoms with Crippen molar-refractivity contribution in [3.8, 4) is 0 Å². The molecule has 1 aromatic carbocycles. The van der Waals surface area contributed by atoms with E-state index in [9.17, 15) is 19.2 Å². The number of benzene rings is 1. The summed E-state index contributed by atoms with van der Waals surface area (Å²) in [6.07, 6.45) is 2.69. The van der Waals surface area contributed by atoms with Crippen LogP contribution in [-0.2, 0) is 23.6 Å². The van der Waals surface area contributed by atoms with Gasteiger partial charge in [0.05, 0.1) is 0 Å². The summed E-state index contributed by atoms with van der Waals surface area (Å²) >= 11 is 3.31. The monoisotopic (exact) mass is 421 g/mol. The average Bonchev–Trinajstić information content (AvgIpc) is 2.61. The molecule has 2 N–H and O–H groups in total. The van der Waals surface area contributed by atoms with Gasteiger partial charge >= 0.3 is 11.7 Å². The zero-order chi connectivity index (χ0) is 19.4. The highest BCUT2D eigenvalue weighted by Gasteiger charge is 2.21. The minimum absolute atomic E-state index is 0.274. The third-order valence-corrected chi connectivity index (χ3v) is 4.09. The highest BCUT2D eigenvalue weighted by molar-refractivity contribution is 9.10. The molecule has 136 valence electrons. The topological polar surface area (TPSA) is 113 Å². The summed E-state index contributed by atoms with van der Waals surface area (Å²) in [5.74, 6) is -1.81. The lowest BCUT2D eigenvalue weighted by Crippen LogP contribution is -2.42. The minimum atomic E-state index is -0.837. The minimum Gasteiger partial charge on any atom is -0.454 e. The third-order valence-electron chi connectivity index (χ3n) is 3.59. The molecule has 2 aromatic rings. The quantitative estimate of drug-likeness (QED) is 0.435. The van der Waals surface area contributed by atoms with Crippen LogP contribution in [0.3, 0.4) is 0 Å². The number of rotatable bonds is 5. The van der Waals surface area contributed by atoms with Crippen LogP contribution in [0.5, 0.6) is 0 Å². The molecule has 0 aliphatic heterocycles. The molecule has 0 radical (unpaired) electrons. The summed E-state index contributed by atoms with van der Waals surface area (Å²) < 4.78 is 7.44. The molecule has 8 nitrogen and oxygen atoms in total. The summed E-state index contributed by atoms with van der Waals surface area (Å²) in [7, 11) is 2.56. The van der Waals surface area contributed by atoms with Crippen molar-refractivity contribution in [2.75, 3.05) is 12.3 Å². The molecule has 9 heteroatoms. The Bertz CT molecular complexity index is 1020. The predicted molar refractivity (Wildman–Crippen MR) is 99.8 cm³/mol. The van der Waals surface area contributed by atoms with Crippen molar-refractivity contribution in [3.63, 3.8) is 0 Å². The normalized spacial score (nSPS) is 10.9. The van der Waals surface area contributed by atoms with E-state index < -0.39 is 35.2 Å². The van der Waals surface area contributed by atoms with Crippen LogP contribution in [0.1, 0.15) is 15.9 Å². The SMILES string of the molecule is Cn1c(N)c(C(=O)COC(=O)C=Cc2cccc(Br)c2)c(=O)n(C)c1=O. The van der Waals surface area contributed by atoms with Crippen molar-refractivity contribution < 1.29 is 14.3 Å². The summed E-state index contributed by atoms with van der Waals surface area (Å²) in [4.78, 5) is 47.8. The molecule has 2 rings (SSSR count). The average molecular weight is 422 g/mol. The van der Waals surface area contributed by atoms with Gasteiger partial charge < -0.3 is 10.5 Å². The summed E-state index contributed by atoms with van der Waals surface area (Å²) in [5, 5.41) is 0. The molecule has 0 amide bonds. The summed E-state index contributed by atoms with van der Waals surface area (Å²) in [5.41, 5.74) is 4.56. The molecule has 0 aliphatic rings. The van der Waals surface area contributed by atoms with Gasteiger partial charge in [-0.15, -0.1) is 0 Å². The zero-order valence-corrected chi connectivity index (χ0v) is 15.6. The van der Waals surface area contributed by atoms with E-state index in [0.717, 1.165) is 25.2 Å². The van der Waals surface area contributed by atoms with Gasteiger partial charge in [0.15, 0.2) is 6.61 Å². The van der Waals surface area contributed by atoms with Crippen LogP contribution in [0.25, 0.3) is 6.08 Å². The molecule has 26 heavy (non-hydrogen) atoms. The highest BCUT2D eigenvalue weighted by atomic mass is 79.9. The lowest BCUT2D eigenvalue weighted by molar-refractivity contribution is -0.136. The second-order valence-corrected chi connectivity index (χ2v) is 6.30. The van der Waals surface area contributed by atoms with Crippen molar-refractivity contribution in [1.82, 2.24) is 9.13 Å². The number of hydrogen-bond acceptors (Lipinski definition) is 6. The molecular weight excluding hydrogens is 406 g/mol. The molecular formula is C17H16BrN3O5. The Balaban J connectivity index is 2.11. The Morgan fingerprint density at radius 3 is 2.58 bits per heavy atom. The first-order valence-corrected chi connectivity index (χ1v) is 8.20. The number of anilines is 1. The maximum atomic E-state index is 12.2. The standard InChI is InChI=1S/C17H16BrN3O5/c1-20-15(19)14(16(24)21(2)17(20)25)12(22)9-26-13(23)7-6-10-4-3-5-11(18)8-10/h3-8H,9,19H2,1-2H3. The molecule has 0 fully saturated rings. The number of carbonyl (C=O) groups is 2. The smallest absolute Gasteiger partial charge is 0.332 e. The van der Waals surface area contributed by atoms with Crippen LogP contribution >= 0.6 is 15.9 Å². The largest absolute Gasteiger partial charge is 0.454 e. The van der Waals surface area contributed by atoms with Gasteiger partial charge in [0.25, 0.3) is 5.56 Å². The van der Waals surface area contributed by atoms with Crippen molar-refractivity contribution in [2.24, 2.45) is 14.1 Å². The molecule has 0 saturated heterocycles. The Morgan fingerprint density at radius 1 is 1.23 bits per heavy atom. The molecule has 1 heterocycles. The lowest BCUT2D eigenvalue weighted by atomic mass is 10.2. The number of ketones is 1. The van der Waals surface area contributed by atoms with Gasteiger partial charge in [-0.25, -0.2) is 9.59 Å². The first-order valence-electron chi connectivity index (χ1n) is 7.41. The van der Waals surface area contributed by atoms with Crippen molar-refractivity contribution >= 4 is 39.6 Å². The van der Waals surface area contributed by atoms with Gasteiger partial charge in [-0.3, -0.25) is 18.7 Å². The fraction of sp³-hybridized carbons (Fsp3) is 0.176.